The summed E-state index contributed by atoms with van der Waals surface area (Å²) >= 11 is 4.18. The first-order valence-corrected chi connectivity index (χ1v) is 5.08. The molecule has 0 fully saturated rings. The van der Waals surface area contributed by atoms with Gasteiger partial charge < -0.3 is 5.32 Å². The van der Waals surface area contributed by atoms with E-state index in [9.17, 15) is 9.18 Å². The smallest absolute Gasteiger partial charge is 0.251 e. The van der Waals surface area contributed by atoms with E-state index >= 15 is 0 Å². The Kier molecular flexibility index (Phi) is 2.78. The van der Waals surface area contributed by atoms with Crippen molar-refractivity contribution in [1.82, 2.24) is 10.3 Å². The molecule has 0 atom stereocenters. The number of thiol groups is 1. The van der Waals surface area contributed by atoms with Gasteiger partial charge >= 0.3 is 0 Å². The first-order chi connectivity index (χ1) is 7.65. The van der Waals surface area contributed by atoms with Crippen LogP contribution >= 0.6 is 12.6 Å². The molecule has 0 saturated heterocycles. The number of carbonyl (C=O) groups excluding carboxylic acids is 1. The average molecular weight is 236 g/mol. The third kappa shape index (κ3) is 1.63. The van der Waals surface area contributed by atoms with Crippen molar-refractivity contribution in [3.8, 4) is 0 Å². The van der Waals surface area contributed by atoms with Gasteiger partial charge in [0.1, 0.15) is 5.82 Å². The highest BCUT2D eigenvalue weighted by atomic mass is 32.1. The molecule has 5 heteroatoms. The summed E-state index contributed by atoms with van der Waals surface area (Å²) in [5.74, 6) is -0.815. The lowest BCUT2D eigenvalue weighted by Gasteiger charge is -2.06. The molecule has 0 saturated carbocycles. The van der Waals surface area contributed by atoms with E-state index in [0.717, 1.165) is 0 Å². The second-order valence-corrected chi connectivity index (χ2v) is 3.71. The zero-order valence-corrected chi connectivity index (χ0v) is 9.38. The van der Waals surface area contributed by atoms with Crippen LogP contribution in [-0.2, 0) is 0 Å². The van der Waals surface area contributed by atoms with Crippen molar-refractivity contribution in [3.05, 3.63) is 35.8 Å². The van der Waals surface area contributed by atoms with Crippen LogP contribution in [0.4, 0.5) is 4.39 Å². The summed E-state index contributed by atoms with van der Waals surface area (Å²) in [5.41, 5.74) is 0.658. The maximum atomic E-state index is 13.7. The number of benzene rings is 1. The van der Waals surface area contributed by atoms with Crippen molar-refractivity contribution in [2.45, 2.75) is 4.90 Å². The molecule has 2 aromatic rings. The summed E-state index contributed by atoms with van der Waals surface area (Å²) in [5, 5.41) is 2.66. The Morgan fingerprint density at radius 1 is 1.44 bits per heavy atom. The SMILES string of the molecule is CNC(=O)c1ccnc2c(S)ccc(F)c12. The lowest BCUT2D eigenvalue weighted by molar-refractivity contribution is 0.0964. The summed E-state index contributed by atoms with van der Waals surface area (Å²) in [4.78, 5) is 16.1. The number of nitrogens with zero attached hydrogens (tertiary/aromatic N) is 1. The minimum absolute atomic E-state index is 0.203. The van der Waals surface area contributed by atoms with Crippen LogP contribution < -0.4 is 5.32 Å². The fourth-order valence-electron chi connectivity index (χ4n) is 1.54. The minimum atomic E-state index is -0.473. The number of nitrogens with one attached hydrogen (secondary N) is 1. The molecule has 16 heavy (non-hydrogen) atoms. The number of halogens is 1. The number of amides is 1. The van der Waals surface area contributed by atoms with Gasteiger partial charge in [0.15, 0.2) is 0 Å². The van der Waals surface area contributed by atoms with Crippen LogP contribution in [0.1, 0.15) is 10.4 Å². The van der Waals surface area contributed by atoms with Gasteiger partial charge in [-0.1, -0.05) is 0 Å². The van der Waals surface area contributed by atoms with Crippen molar-refractivity contribution in [2.24, 2.45) is 0 Å². The first-order valence-electron chi connectivity index (χ1n) is 4.63. The molecule has 1 amide bonds. The van der Waals surface area contributed by atoms with Crippen molar-refractivity contribution >= 4 is 29.4 Å². The molecule has 1 N–H and O–H groups in total. The lowest BCUT2D eigenvalue weighted by Crippen LogP contribution is -2.18. The van der Waals surface area contributed by atoms with Crippen LogP contribution in [0.25, 0.3) is 10.9 Å². The van der Waals surface area contributed by atoms with Crippen molar-refractivity contribution in [1.29, 1.82) is 0 Å². The van der Waals surface area contributed by atoms with Gasteiger partial charge in [-0.2, -0.15) is 0 Å². The van der Waals surface area contributed by atoms with Crippen LogP contribution in [0.5, 0.6) is 0 Å². The number of aromatic nitrogens is 1. The highest BCUT2D eigenvalue weighted by molar-refractivity contribution is 7.80. The van der Waals surface area contributed by atoms with Gasteiger partial charge in [-0.25, -0.2) is 4.39 Å². The first kappa shape index (κ1) is 10.9. The Bertz CT molecular complexity index is 571. The molecule has 2 rings (SSSR count). The summed E-state index contributed by atoms with van der Waals surface area (Å²) in [6, 6.07) is 4.28. The van der Waals surface area contributed by atoms with E-state index in [2.05, 4.69) is 22.9 Å². The van der Waals surface area contributed by atoms with Crippen LogP contribution in [0, 0.1) is 5.82 Å². The normalized spacial score (nSPS) is 10.4. The Balaban J connectivity index is 2.86. The van der Waals surface area contributed by atoms with Crippen LogP contribution in [-0.4, -0.2) is 17.9 Å². The molecule has 0 aliphatic heterocycles. The van der Waals surface area contributed by atoms with Crippen LogP contribution in [0.15, 0.2) is 29.3 Å². The predicted molar refractivity (Wildman–Crippen MR) is 62.3 cm³/mol. The number of hydrogen-bond donors (Lipinski definition) is 2. The van der Waals surface area contributed by atoms with E-state index in [4.69, 9.17) is 0 Å². The Hall–Kier alpha value is -1.62. The number of hydrogen-bond acceptors (Lipinski definition) is 3. The zero-order chi connectivity index (χ0) is 11.7. The standard InChI is InChI=1S/C11H9FN2OS/c1-13-11(15)6-4-5-14-10-8(16)3-2-7(12)9(6)10/h2-5,16H,1H3,(H,13,15). The molecule has 1 aromatic heterocycles. The third-order valence-corrected chi connectivity index (χ3v) is 2.65. The fraction of sp³-hybridized carbons (Fsp3) is 0.0909. The lowest BCUT2D eigenvalue weighted by atomic mass is 10.1. The maximum absolute atomic E-state index is 13.7. The van der Waals surface area contributed by atoms with Crippen LogP contribution in [0.2, 0.25) is 0 Å². The highest BCUT2D eigenvalue weighted by Crippen LogP contribution is 2.25. The molecule has 0 aliphatic carbocycles. The summed E-state index contributed by atoms with van der Waals surface area (Å²) in [6.07, 6.45) is 1.46. The topological polar surface area (TPSA) is 42.0 Å². The van der Waals surface area contributed by atoms with E-state index in [-0.39, 0.29) is 16.9 Å². The maximum Gasteiger partial charge on any atom is 0.251 e. The molecule has 0 aliphatic rings. The van der Waals surface area contributed by atoms with Gasteiger partial charge in [0.2, 0.25) is 0 Å². The van der Waals surface area contributed by atoms with Crippen molar-refractivity contribution in [3.63, 3.8) is 0 Å². The van der Waals surface area contributed by atoms with Gasteiger partial charge in [-0.15, -0.1) is 12.6 Å². The third-order valence-electron chi connectivity index (χ3n) is 2.29. The largest absolute Gasteiger partial charge is 0.355 e. The van der Waals surface area contributed by atoms with Gasteiger partial charge in [0.05, 0.1) is 11.1 Å². The van der Waals surface area contributed by atoms with Gasteiger partial charge in [-0.3, -0.25) is 9.78 Å². The number of carbonyl (C=O) groups is 1. The van der Waals surface area contributed by atoms with Gasteiger partial charge in [0, 0.05) is 23.5 Å². The van der Waals surface area contributed by atoms with E-state index in [1.807, 2.05) is 0 Å². The monoisotopic (exact) mass is 236 g/mol. The fourth-order valence-corrected chi connectivity index (χ4v) is 1.78. The Morgan fingerprint density at radius 3 is 2.88 bits per heavy atom. The van der Waals surface area contributed by atoms with Gasteiger partial charge in [0.25, 0.3) is 5.91 Å². The summed E-state index contributed by atoms with van der Waals surface area (Å²) < 4.78 is 13.7. The quantitative estimate of drug-likeness (QED) is 0.744. The number of rotatable bonds is 1. The molecule has 0 unspecified atom stereocenters. The molecular formula is C11H9FN2OS. The predicted octanol–water partition coefficient (Wildman–Crippen LogP) is 2.02. The molecule has 0 bridgehead atoms. The molecule has 0 spiro atoms. The van der Waals surface area contributed by atoms with Crippen LogP contribution in [0.3, 0.4) is 0 Å². The molecular weight excluding hydrogens is 227 g/mol. The molecule has 82 valence electrons. The second-order valence-electron chi connectivity index (χ2n) is 3.23. The average Bonchev–Trinajstić information content (AvgIpc) is 2.32. The Morgan fingerprint density at radius 2 is 2.19 bits per heavy atom. The highest BCUT2D eigenvalue weighted by Gasteiger charge is 2.14. The zero-order valence-electron chi connectivity index (χ0n) is 8.49. The summed E-state index contributed by atoms with van der Waals surface area (Å²) in [6.45, 7) is 0. The van der Waals surface area contributed by atoms with Crippen molar-refractivity contribution in [2.75, 3.05) is 7.05 Å². The molecule has 0 radical (unpaired) electrons. The second kappa shape index (κ2) is 4.09. The molecule has 1 heterocycles. The van der Waals surface area contributed by atoms with E-state index in [1.165, 1.54) is 31.4 Å². The van der Waals surface area contributed by atoms with Crippen molar-refractivity contribution < 1.29 is 9.18 Å². The molecule has 3 nitrogen and oxygen atoms in total. The number of pyridine rings is 1. The Labute approximate surface area is 97.1 Å². The van der Waals surface area contributed by atoms with E-state index in [0.29, 0.717) is 10.4 Å². The van der Waals surface area contributed by atoms with E-state index < -0.39 is 5.82 Å². The molecule has 1 aromatic carbocycles. The number of fused-ring (bicyclic) bond motifs is 1. The minimum Gasteiger partial charge on any atom is -0.355 e. The van der Waals surface area contributed by atoms with E-state index in [1.54, 1.807) is 0 Å². The van der Waals surface area contributed by atoms with Gasteiger partial charge in [-0.05, 0) is 18.2 Å². The summed E-state index contributed by atoms with van der Waals surface area (Å²) in [7, 11) is 1.50.